The van der Waals surface area contributed by atoms with E-state index in [-0.39, 0.29) is 48.1 Å². The van der Waals surface area contributed by atoms with Crippen molar-refractivity contribution in [2.75, 3.05) is 26.4 Å². The van der Waals surface area contributed by atoms with E-state index in [2.05, 4.69) is 5.32 Å². The lowest BCUT2D eigenvalue weighted by Gasteiger charge is -2.67. The molecule has 11 atom stereocenters. The summed E-state index contributed by atoms with van der Waals surface area (Å²) >= 11 is 0. The van der Waals surface area contributed by atoms with E-state index >= 15 is 4.79 Å². The molecule has 78 heavy (non-hydrogen) atoms. The zero-order chi connectivity index (χ0) is 58.1. The predicted octanol–water partition coefficient (Wildman–Crippen LogP) is 1.33. The minimum atomic E-state index is -2.39. The summed E-state index contributed by atoms with van der Waals surface area (Å²) in [5.74, 6) is -8.99. The summed E-state index contributed by atoms with van der Waals surface area (Å²) in [6.07, 6.45) is -11.1. The van der Waals surface area contributed by atoms with E-state index in [0.29, 0.717) is 5.56 Å². The van der Waals surface area contributed by atoms with Gasteiger partial charge in [-0.1, -0.05) is 80.6 Å². The van der Waals surface area contributed by atoms with Gasteiger partial charge in [0.15, 0.2) is 23.6 Å². The van der Waals surface area contributed by atoms with Gasteiger partial charge < -0.3 is 75.6 Å². The average Bonchev–Trinajstić information content (AvgIpc) is 3.16. The molecule has 23 nitrogen and oxygen atoms in total. The molecule has 2 bridgehead atoms. The molecule has 1 saturated heterocycles. The molecule has 1 heterocycles. The smallest absolute Gasteiger partial charge is 0.338 e. The summed E-state index contributed by atoms with van der Waals surface area (Å²) in [6, 6.07) is 22.9. The van der Waals surface area contributed by atoms with Crippen LogP contribution in [0, 0.1) is 16.7 Å². The fraction of sp³-hybridized carbons (Fsp3) is 0.491. The molecule has 0 aromatic heterocycles. The van der Waals surface area contributed by atoms with Crippen LogP contribution in [0.2, 0.25) is 0 Å². The number of aliphatic hydroxyl groups excluding tert-OH is 5. The Hall–Kier alpha value is -6.96. The van der Waals surface area contributed by atoms with Gasteiger partial charge in [0.25, 0.3) is 5.91 Å². The van der Waals surface area contributed by atoms with Crippen molar-refractivity contribution in [1.82, 2.24) is 5.32 Å². The first-order valence-corrected chi connectivity index (χ1v) is 24.8. The van der Waals surface area contributed by atoms with Gasteiger partial charge in [-0.15, -0.1) is 0 Å². The third kappa shape index (κ3) is 12.8. The van der Waals surface area contributed by atoms with Crippen molar-refractivity contribution in [3.05, 3.63) is 119 Å². The van der Waals surface area contributed by atoms with E-state index in [0.717, 1.165) is 13.8 Å². The Morgan fingerprint density at radius 2 is 1.29 bits per heavy atom. The number of nitrogens with one attached hydrogen (secondary N) is 1. The number of nitrogens with two attached hydrogens (primary N) is 1. The van der Waals surface area contributed by atoms with Crippen molar-refractivity contribution in [2.45, 2.75) is 127 Å². The lowest BCUT2D eigenvalue weighted by molar-refractivity contribution is -0.346. The number of aliphatic carboxylic acids is 2. The van der Waals surface area contributed by atoms with Crippen LogP contribution in [0.3, 0.4) is 0 Å². The number of ketones is 1. The van der Waals surface area contributed by atoms with Crippen molar-refractivity contribution in [2.24, 2.45) is 22.5 Å². The fourth-order valence-corrected chi connectivity index (χ4v) is 10.5. The van der Waals surface area contributed by atoms with Gasteiger partial charge in [0.05, 0.1) is 73.9 Å². The fourth-order valence-electron chi connectivity index (χ4n) is 10.5. The standard InChI is InChI=1S/C47H51NO14.C4H11NO3.C4H6O4/c1-25-31(60-43(56)36(52)35(28-16-10-7-11-17-28)48-41(54)29-18-12-8-13-19-29)23-47(57)40(61-42(55)30-20-14-9-15-21-30)38-45(6,32(51)22-33-46(38,24-58-33)62-27(3)50)39(53)37(59-26(2)49)34(25)44(47,4)5;5-4(1-6,2-7)3-8;5-3(6)1-2-4(7)8/h7-21,31-33,35-38,40,51-52,57H,22-24H2,1-6H3,(H,48,54);6-8H,1-3,5H2;1-2H2,(H,5,6)(H,7,8)/t31-,32-,33+,35-,36+,37+,38-,40-,45+,46-,47+;;/m0../s1. The highest BCUT2D eigenvalue weighted by atomic mass is 16.6. The van der Waals surface area contributed by atoms with E-state index in [1.165, 1.54) is 26.0 Å². The quantitative estimate of drug-likeness (QED) is 0.0549. The molecule has 0 radical (unpaired) electrons. The molecule has 3 aromatic carbocycles. The van der Waals surface area contributed by atoms with Crippen LogP contribution in [0.4, 0.5) is 0 Å². The Labute approximate surface area is 448 Å². The number of Topliss-reactive ketones (excluding diaryl/α,β-unsaturated/α-hetero) is 1. The zero-order valence-electron chi connectivity index (χ0n) is 43.9. The van der Waals surface area contributed by atoms with Gasteiger partial charge in [-0.3, -0.25) is 28.8 Å². The minimum Gasteiger partial charge on any atom is -0.481 e. The van der Waals surface area contributed by atoms with Crippen molar-refractivity contribution >= 4 is 47.5 Å². The number of carboxylic acids is 2. The van der Waals surface area contributed by atoms with E-state index in [4.69, 9.17) is 55.0 Å². The van der Waals surface area contributed by atoms with E-state index in [9.17, 15) is 48.9 Å². The summed E-state index contributed by atoms with van der Waals surface area (Å²) in [7, 11) is 0. The Morgan fingerprint density at radius 1 is 0.782 bits per heavy atom. The van der Waals surface area contributed by atoms with Crippen molar-refractivity contribution in [3.8, 4) is 0 Å². The molecule has 1 amide bonds. The molecule has 2 saturated carbocycles. The number of hydrogen-bond donors (Lipinski definition) is 10. The van der Waals surface area contributed by atoms with Crippen LogP contribution in [0.5, 0.6) is 0 Å². The van der Waals surface area contributed by atoms with Crippen molar-refractivity contribution in [1.29, 1.82) is 0 Å². The van der Waals surface area contributed by atoms with Gasteiger partial charge in [0.2, 0.25) is 0 Å². The number of amides is 1. The van der Waals surface area contributed by atoms with Crippen LogP contribution in [-0.2, 0) is 52.5 Å². The highest BCUT2D eigenvalue weighted by Crippen LogP contribution is 2.64. The minimum absolute atomic E-state index is 0.00289. The largest absolute Gasteiger partial charge is 0.481 e. The second-order valence-corrected chi connectivity index (χ2v) is 20.5. The predicted molar refractivity (Wildman–Crippen MR) is 270 cm³/mol. The van der Waals surface area contributed by atoms with Gasteiger partial charge >= 0.3 is 35.8 Å². The normalized spacial score (nSPS) is 27.4. The summed E-state index contributed by atoms with van der Waals surface area (Å²) in [4.78, 5) is 103. The monoisotopic (exact) mass is 1090 g/mol. The number of hydrogen-bond acceptors (Lipinski definition) is 20. The maximum absolute atomic E-state index is 15.5. The van der Waals surface area contributed by atoms with Crippen molar-refractivity contribution < 1.29 is 103 Å². The van der Waals surface area contributed by atoms with Crippen LogP contribution < -0.4 is 11.1 Å². The lowest BCUT2D eigenvalue weighted by Crippen LogP contribution is -2.82. The molecule has 0 spiro atoms. The summed E-state index contributed by atoms with van der Waals surface area (Å²) in [5.41, 5.74) is -3.08. The molecule has 424 valence electrons. The number of ether oxygens (including phenoxy) is 5. The first-order chi connectivity index (χ1) is 36.6. The average molecular weight is 1090 g/mol. The van der Waals surface area contributed by atoms with Crippen LogP contribution in [-0.4, -0.2) is 168 Å². The van der Waals surface area contributed by atoms with Crippen LogP contribution in [0.15, 0.2) is 102 Å². The van der Waals surface area contributed by atoms with Crippen molar-refractivity contribution in [3.63, 3.8) is 0 Å². The zero-order valence-corrected chi connectivity index (χ0v) is 43.9. The number of rotatable bonds is 16. The second kappa shape index (κ2) is 25.2. The first-order valence-electron chi connectivity index (χ1n) is 24.8. The van der Waals surface area contributed by atoms with E-state index in [1.807, 2.05) is 0 Å². The molecule has 7 rings (SSSR count). The third-order valence-electron chi connectivity index (χ3n) is 15.0. The molecule has 23 heteroatoms. The number of esters is 4. The topological polar surface area (TPSA) is 383 Å². The highest BCUT2D eigenvalue weighted by molar-refractivity contribution is 5.96. The van der Waals surface area contributed by atoms with Gasteiger partial charge in [0, 0.05) is 37.7 Å². The van der Waals surface area contributed by atoms with Gasteiger partial charge in [-0.25, -0.2) is 9.59 Å². The molecular formula is C55H68N2O21. The molecule has 0 unspecified atom stereocenters. The van der Waals surface area contributed by atoms with Crippen LogP contribution in [0.1, 0.15) is 99.5 Å². The Balaban J connectivity index is 0.000000608. The SMILES string of the molecule is CC(=O)O[C@H]1C(=O)[C@@]2(C)[C@H]([C@H](OC(=O)c3ccccc3)[C@]3(O)C[C@H](OC(=O)[C@H](O)[C@@H](NC(=O)c4ccccc4)c4ccccc4)C(C)=C1C3(C)C)[C@]1(OC(C)=O)CO[C@@H]1C[C@@H]2O.NC(CO)(CO)CO.O=C(O)CCC(=O)O. The molecule has 1 aliphatic heterocycles. The summed E-state index contributed by atoms with van der Waals surface area (Å²) in [6.45, 7) is 6.77. The molecule has 3 aliphatic carbocycles. The van der Waals surface area contributed by atoms with E-state index < -0.39 is 150 Å². The van der Waals surface area contributed by atoms with E-state index in [1.54, 1.807) is 92.7 Å². The highest BCUT2D eigenvalue weighted by Gasteiger charge is 2.78. The molecule has 4 aliphatic rings. The Bertz CT molecular complexity index is 2680. The molecular weight excluding hydrogens is 1020 g/mol. The van der Waals surface area contributed by atoms with Gasteiger partial charge in [-0.05, 0) is 54.8 Å². The molecule has 11 N–H and O–H groups in total. The number of carboxylic acid groups (broad SMARTS) is 2. The number of carbonyl (C=O) groups excluding carboxylic acids is 6. The van der Waals surface area contributed by atoms with Gasteiger partial charge in [0.1, 0.15) is 23.9 Å². The maximum Gasteiger partial charge on any atom is 0.338 e. The second-order valence-electron chi connectivity index (χ2n) is 20.5. The number of benzene rings is 3. The number of carbonyl (C=O) groups is 8. The summed E-state index contributed by atoms with van der Waals surface area (Å²) in [5, 5.41) is 81.1. The third-order valence-corrected chi connectivity index (χ3v) is 15.0. The maximum atomic E-state index is 15.5. The van der Waals surface area contributed by atoms with Gasteiger partial charge in [-0.2, -0.15) is 0 Å². The number of fused-ring (bicyclic) bond motifs is 5. The number of aliphatic hydroxyl groups is 6. The Morgan fingerprint density at radius 3 is 1.74 bits per heavy atom. The summed E-state index contributed by atoms with van der Waals surface area (Å²) < 4.78 is 30.3. The first kappa shape index (κ1) is 61.9. The Kier molecular flexibility index (Phi) is 20.0. The lowest BCUT2D eigenvalue weighted by atomic mass is 9.44. The molecule has 3 fully saturated rings. The van der Waals surface area contributed by atoms with Crippen LogP contribution in [0.25, 0.3) is 0 Å². The molecule has 3 aromatic rings. The van der Waals surface area contributed by atoms with Crippen LogP contribution >= 0.6 is 0 Å².